The van der Waals surface area contributed by atoms with Crippen LogP contribution in [0.2, 0.25) is 0 Å². The smallest absolute Gasteiger partial charge is 0.320 e. The summed E-state index contributed by atoms with van der Waals surface area (Å²) in [6.07, 6.45) is 1.52. The van der Waals surface area contributed by atoms with E-state index in [1.807, 2.05) is 16.7 Å². The lowest BCUT2D eigenvalue weighted by atomic mass is 10.0. The van der Waals surface area contributed by atoms with Crippen molar-refractivity contribution in [3.63, 3.8) is 0 Å². The van der Waals surface area contributed by atoms with Crippen LogP contribution in [0, 0.1) is 5.82 Å². The quantitative estimate of drug-likeness (QED) is 0.837. The van der Waals surface area contributed by atoms with Crippen LogP contribution >= 0.6 is 0 Å². The topological polar surface area (TPSA) is 53.1 Å². The summed E-state index contributed by atoms with van der Waals surface area (Å²) in [6, 6.07) is 4.55. The number of urea groups is 1. The molecule has 6 nitrogen and oxygen atoms in total. The molecule has 2 aliphatic rings. The molecule has 3 rings (SSSR count). The zero-order valence-electron chi connectivity index (χ0n) is 14.7. The summed E-state index contributed by atoms with van der Waals surface area (Å²) in [5.74, 6) is -0.586. The number of methoxy groups -OCH3 is 1. The molecule has 2 heterocycles. The van der Waals surface area contributed by atoms with Gasteiger partial charge in [0.25, 0.3) is 5.91 Å². The van der Waals surface area contributed by atoms with E-state index in [4.69, 9.17) is 4.74 Å². The largest absolute Gasteiger partial charge is 0.494 e. The van der Waals surface area contributed by atoms with Gasteiger partial charge in [-0.25, -0.2) is 9.18 Å². The van der Waals surface area contributed by atoms with Crippen molar-refractivity contribution in [1.82, 2.24) is 14.7 Å². The van der Waals surface area contributed by atoms with Gasteiger partial charge in [-0.05, 0) is 38.0 Å². The zero-order valence-corrected chi connectivity index (χ0v) is 14.7. The minimum Gasteiger partial charge on any atom is -0.494 e. The molecule has 2 aliphatic heterocycles. The van der Waals surface area contributed by atoms with Crippen LogP contribution in [0.25, 0.3) is 0 Å². The number of ether oxygens (including phenoxy) is 1. The van der Waals surface area contributed by atoms with Gasteiger partial charge in [0.05, 0.1) is 7.11 Å². The van der Waals surface area contributed by atoms with Crippen molar-refractivity contribution in [3.8, 4) is 5.75 Å². The van der Waals surface area contributed by atoms with Crippen LogP contribution in [0.15, 0.2) is 18.2 Å². The van der Waals surface area contributed by atoms with Gasteiger partial charge in [0.2, 0.25) is 0 Å². The third-order valence-electron chi connectivity index (χ3n) is 5.10. The summed E-state index contributed by atoms with van der Waals surface area (Å²) in [5, 5.41) is 0. The number of carbonyl (C=O) groups is 2. The summed E-state index contributed by atoms with van der Waals surface area (Å²) >= 11 is 0. The van der Waals surface area contributed by atoms with Crippen LogP contribution in [0.3, 0.4) is 0 Å². The van der Waals surface area contributed by atoms with Gasteiger partial charge in [0, 0.05) is 44.3 Å². The predicted molar refractivity (Wildman–Crippen MR) is 91.2 cm³/mol. The van der Waals surface area contributed by atoms with Gasteiger partial charge in [0.15, 0.2) is 11.6 Å². The van der Waals surface area contributed by atoms with Gasteiger partial charge in [-0.3, -0.25) is 4.79 Å². The first kappa shape index (κ1) is 17.5. The van der Waals surface area contributed by atoms with Crippen molar-refractivity contribution in [3.05, 3.63) is 29.6 Å². The molecule has 2 saturated heterocycles. The fraction of sp³-hybridized carbons (Fsp3) is 0.556. The Balaban J connectivity index is 1.60. The molecule has 7 heteroatoms. The first-order valence-electron chi connectivity index (χ1n) is 8.73. The average molecular weight is 349 g/mol. The second-order valence-corrected chi connectivity index (χ2v) is 6.43. The summed E-state index contributed by atoms with van der Waals surface area (Å²) in [5.41, 5.74) is 0.325. The highest BCUT2D eigenvalue weighted by atomic mass is 19.1. The van der Waals surface area contributed by atoms with Gasteiger partial charge in [-0.2, -0.15) is 0 Å². The SMILES string of the molecule is CCN1CCN(C2CCN(C(=O)c3ccc(OC)c(F)c3)CC2)C1=O. The third-order valence-corrected chi connectivity index (χ3v) is 5.10. The van der Waals surface area contributed by atoms with Crippen LogP contribution in [-0.4, -0.2) is 72.5 Å². The van der Waals surface area contributed by atoms with E-state index in [9.17, 15) is 14.0 Å². The molecule has 1 aromatic rings. The number of hydrogen-bond acceptors (Lipinski definition) is 3. The van der Waals surface area contributed by atoms with Crippen LogP contribution in [-0.2, 0) is 0 Å². The van der Waals surface area contributed by atoms with Gasteiger partial charge in [0.1, 0.15) is 0 Å². The van der Waals surface area contributed by atoms with Crippen molar-refractivity contribution in [2.45, 2.75) is 25.8 Å². The fourth-order valence-electron chi connectivity index (χ4n) is 3.60. The van der Waals surface area contributed by atoms with Gasteiger partial charge >= 0.3 is 6.03 Å². The number of hydrogen-bond donors (Lipinski definition) is 0. The molecular weight excluding hydrogens is 325 g/mol. The fourth-order valence-corrected chi connectivity index (χ4v) is 3.60. The molecule has 0 unspecified atom stereocenters. The maximum absolute atomic E-state index is 13.8. The lowest BCUT2D eigenvalue weighted by molar-refractivity contribution is 0.0663. The molecule has 2 fully saturated rings. The summed E-state index contributed by atoms with van der Waals surface area (Å²) in [7, 11) is 1.39. The Hall–Kier alpha value is -2.31. The van der Waals surface area contributed by atoms with E-state index in [1.54, 1.807) is 11.0 Å². The molecule has 0 bridgehead atoms. The number of benzene rings is 1. The Morgan fingerprint density at radius 1 is 1.24 bits per heavy atom. The van der Waals surface area contributed by atoms with Crippen LogP contribution in [0.1, 0.15) is 30.1 Å². The zero-order chi connectivity index (χ0) is 18.0. The Morgan fingerprint density at radius 3 is 2.52 bits per heavy atom. The monoisotopic (exact) mass is 349 g/mol. The van der Waals surface area contributed by atoms with E-state index in [2.05, 4.69) is 0 Å². The Morgan fingerprint density at radius 2 is 1.96 bits per heavy atom. The minimum atomic E-state index is -0.537. The number of rotatable bonds is 4. The molecule has 0 saturated carbocycles. The molecule has 0 radical (unpaired) electrons. The second-order valence-electron chi connectivity index (χ2n) is 6.43. The van der Waals surface area contributed by atoms with Crippen LogP contribution in [0.4, 0.5) is 9.18 Å². The number of nitrogens with zero attached hydrogens (tertiary/aromatic N) is 3. The lowest BCUT2D eigenvalue weighted by Gasteiger charge is -2.36. The highest BCUT2D eigenvalue weighted by Gasteiger charge is 2.35. The lowest BCUT2D eigenvalue weighted by Crippen LogP contribution is -2.48. The Kier molecular flexibility index (Phi) is 5.11. The van der Waals surface area contributed by atoms with E-state index in [0.717, 1.165) is 32.5 Å². The molecule has 136 valence electrons. The standard InChI is InChI=1S/C18H24FN3O3/c1-3-20-10-11-22(18(20)24)14-6-8-21(9-7-14)17(23)13-4-5-16(25-2)15(19)12-13/h4-5,12,14H,3,6-11H2,1-2H3. The van der Waals surface area contributed by atoms with E-state index < -0.39 is 5.82 Å². The Labute approximate surface area is 147 Å². The summed E-state index contributed by atoms with van der Waals surface area (Å²) in [4.78, 5) is 30.4. The van der Waals surface area contributed by atoms with Crippen molar-refractivity contribution >= 4 is 11.9 Å². The third kappa shape index (κ3) is 3.41. The van der Waals surface area contributed by atoms with Crippen molar-refractivity contribution in [2.24, 2.45) is 0 Å². The maximum Gasteiger partial charge on any atom is 0.320 e. The van der Waals surface area contributed by atoms with Gasteiger partial charge in [-0.15, -0.1) is 0 Å². The highest BCUT2D eigenvalue weighted by Crippen LogP contribution is 2.24. The Bertz CT molecular complexity index is 659. The van der Waals surface area contributed by atoms with E-state index in [-0.39, 0.29) is 23.7 Å². The van der Waals surface area contributed by atoms with Gasteiger partial charge < -0.3 is 19.4 Å². The van der Waals surface area contributed by atoms with Crippen LogP contribution < -0.4 is 4.74 Å². The first-order valence-corrected chi connectivity index (χ1v) is 8.73. The first-order chi connectivity index (χ1) is 12.0. The molecule has 0 spiro atoms. The second kappa shape index (κ2) is 7.29. The number of carbonyl (C=O) groups excluding carboxylic acids is 2. The summed E-state index contributed by atoms with van der Waals surface area (Å²) < 4.78 is 18.7. The molecule has 3 amide bonds. The summed E-state index contributed by atoms with van der Waals surface area (Å²) in [6.45, 7) is 5.40. The minimum absolute atomic E-state index is 0.101. The molecule has 1 aromatic carbocycles. The normalized spacial score (nSPS) is 18.8. The molecule has 0 aromatic heterocycles. The number of amides is 3. The van der Waals surface area contributed by atoms with Gasteiger partial charge in [-0.1, -0.05) is 0 Å². The van der Waals surface area contributed by atoms with Crippen molar-refractivity contribution in [1.29, 1.82) is 0 Å². The van der Waals surface area contributed by atoms with E-state index in [0.29, 0.717) is 18.7 Å². The molecule has 0 aliphatic carbocycles. The van der Waals surface area contributed by atoms with Crippen molar-refractivity contribution < 1.29 is 18.7 Å². The molecule has 0 N–H and O–H groups in total. The molecule has 0 atom stereocenters. The predicted octanol–water partition coefficient (Wildman–Crippen LogP) is 2.20. The van der Waals surface area contributed by atoms with E-state index >= 15 is 0 Å². The van der Waals surface area contributed by atoms with E-state index in [1.165, 1.54) is 19.2 Å². The number of halogens is 1. The maximum atomic E-state index is 13.8. The highest BCUT2D eigenvalue weighted by molar-refractivity contribution is 5.94. The number of likely N-dealkylation sites (tertiary alicyclic amines) is 1. The van der Waals surface area contributed by atoms with Crippen LogP contribution in [0.5, 0.6) is 5.75 Å². The average Bonchev–Trinajstić information content (AvgIpc) is 3.01. The molecule has 25 heavy (non-hydrogen) atoms. The molecular formula is C18H24FN3O3. The van der Waals surface area contributed by atoms with Crippen molar-refractivity contribution in [2.75, 3.05) is 39.8 Å². The number of piperidine rings is 1. The number of likely N-dealkylation sites (N-methyl/N-ethyl adjacent to an activating group) is 1.